The average molecular weight is 254 g/mol. The van der Waals surface area contributed by atoms with E-state index in [-0.39, 0.29) is 8.68 Å². The molecule has 0 aliphatic rings. The summed E-state index contributed by atoms with van der Waals surface area (Å²) in [5, 5.41) is 7.07. The quantitative estimate of drug-likeness (QED) is 0.729. The molecule has 8 heteroatoms. The normalized spacial score (nSPS) is 14.2. The first kappa shape index (κ1) is 11.9. The van der Waals surface area contributed by atoms with Crippen LogP contribution in [-0.4, -0.2) is 35.2 Å². The zero-order valence-corrected chi connectivity index (χ0v) is 10.2. The third-order valence-electron chi connectivity index (χ3n) is 1.29. The van der Waals surface area contributed by atoms with Gasteiger partial charge >= 0.3 is 4.34 Å². The number of nitrogens with zero attached hydrogens (tertiary/aromatic N) is 2. The van der Waals surface area contributed by atoms with Crippen LogP contribution in [0.4, 0.5) is 0 Å². The number of hydrogen-bond donors (Lipinski definition) is 0. The smallest absolute Gasteiger partial charge is 0.322 e. The summed E-state index contributed by atoms with van der Waals surface area (Å²) in [4.78, 5) is 0. The summed E-state index contributed by atoms with van der Waals surface area (Å²) in [5.74, 6) is 0.485. The van der Waals surface area contributed by atoms with Crippen molar-refractivity contribution >= 4 is 32.3 Å². The van der Waals surface area contributed by atoms with E-state index in [4.69, 9.17) is 0 Å². The maximum atomic E-state index is 11.4. The van der Waals surface area contributed by atoms with Crippen LogP contribution in [0.25, 0.3) is 0 Å². The van der Waals surface area contributed by atoms with E-state index in [1.807, 2.05) is 6.92 Å². The first-order valence-corrected chi connectivity index (χ1v) is 7.89. The lowest BCUT2D eigenvalue weighted by Crippen LogP contribution is -2.05. The van der Waals surface area contributed by atoms with Crippen molar-refractivity contribution in [3.8, 4) is 0 Å². The molecule has 1 aromatic rings. The largest absolute Gasteiger partial charge is 0.610 e. The Hall–Kier alpha value is -0.180. The number of sulfone groups is 1. The van der Waals surface area contributed by atoms with Crippen LogP contribution < -0.4 is 0 Å². The Morgan fingerprint density at radius 2 is 2.14 bits per heavy atom. The molecule has 0 spiro atoms. The predicted octanol–water partition coefficient (Wildman–Crippen LogP) is 0.459. The second kappa shape index (κ2) is 4.56. The Kier molecular flexibility index (Phi) is 3.87. The van der Waals surface area contributed by atoms with Crippen molar-refractivity contribution in [1.82, 2.24) is 10.2 Å². The first-order valence-electron chi connectivity index (χ1n) is 3.87. The van der Waals surface area contributed by atoms with Crippen molar-refractivity contribution in [3.63, 3.8) is 0 Å². The molecule has 0 fully saturated rings. The molecule has 0 radical (unpaired) electrons. The third kappa shape index (κ3) is 2.91. The molecule has 0 aliphatic heterocycles. The van der Waals surface area contributed by atoms with E-state index in [9.17, 15) is 13.0 Å². The van der Waals surface area contributed by atoms with Gasteiger partial charge in [0.25, 0.3) is 0 Å². The second-order valence-electron chi connectivity index (χ2n) is 2.66. The van der Waals surface area contributed by atoms with Crippen LogP contribution in [0, 0.1) is 0 Å². The lowest BCUT2D eigenvalue weighted by atomic mass is 10.6. The molecule has 0 amide bonds. The SMILES string of the molecule is CCC[S+]([O-])c1nnc(S(C)(=O)=O)s1. The van der Waals surface area contributed by atoms with Crippen LogP contribution in [0.1, 0.15) is 13.3 Å². The highest BCUT2D eigenvalue weighted by Gasteiger charge is 2.21. The molecule has 0 saturated carbocycles. The zero-order chi connectivity index (χ0) is 10.8. The standard InChI is InChI=1S/C6H10N2O3S3/c1-3-4-13(9)5-7-8-6(12-5)14(2,10)11/h3-4H2,1-2H3. The molecular weight excluding hydrogens is 244 g/mol. The van der Waals surface area contributed by atoms with Crippen molar-refractivity contribution in [2.24, 2.45) is 0 Å². The van der Waals surface area contributed by atoms with Crippen LogP contribution in [0.15, 0.2) is 8.68 Å². The molecular formula is C6H10N2O3S3. The van der Waals surface area contributed by atoms with E-state index in [0.29, 0.717) is 5.75 Å². The summed E-state index contributed by atoms with van der Waals surface area (Å²) in [5.41, 5.74) is 0. The molecule has 5 nitrogen and oxygen atoms in total. The Labute approximate surface area is 89.7 Å². The lowest BCUT2D eigenvalue weighted by molar-refractivity contribution is 0.590. The topological polar surface area (TPSA) is 83.0 Å². The fraction of sp³-hybridized carbons (Fsp3) is 0.667. The minimum Gasteiger partial charge on any atom is -0.610 e. The molecule has 1 aromatic heterocycles. The highest BCUT2D eigenvalue weighted by Crippen LogP contribution is 2.20. The highest BCUT2D eigenvalue weighted by atomic mass is 32.3. The molecule has 1 atom stereocenters. The van der Waals surface area contributed by atoms with E-state index in [1.54, 1.807) is 0 Å². The minimum absolute atomic E-state index is 0.0723. The Balaban J connectivity index is 2.88. The Morgan fingerprint density at radius 1 is 1.50 bits per heavy atom. The molecule has 0 saturated heterocycles. The molecule has 1 rings (SSSR count). The second-order valence-corrected chi connectivity index (χ2v) is 7.57. The molecule has 1 heterocycles. The highest BCUT2D eigenvalue weighted by molar-refractivity contribution is 7.95. The summed E-state index contributed by atoms with van der Waals surface area (Å²) in [6, 6.07) is 0. The van der Waals surface area contributed by atoms with Gasteiger partial charge in [-0.15, -0.1) is 5.10 Å². The monoisotopic (exact) mass is 254 g/mol. The van der Waals surface area contributed by atoms with Crippen molar-refractivity contribution in [3.05, 3.63) is 0 Å². The van der Waals surface area contributed by atoms with Crippen LogP contribution in [0.2, 0.25) is 0 Å². The zero-order valence-electron chi connectivity index (χ0n) is 7.76. The van der Waals surface area contributed by atoms with Crippen LogP contribution in [-0.2, 0) is 21.0 Å². The Morgan fingerprint density at radius 3 is 2.57 bits per heavy atom. The Bertz CT molecular complexity index is 400. The predicted molar refractivity (Wildman–Crippen MR) is 54.6 cm³/mol. The van der Waals surface area contributed by atoms with Crippen molar-refractivity contribution in [2.45, 2.75) is 22.0 Å². The molecule has 0 aliphatic carbocycles. The van der Waals surface area contributed by atoms with E-state index < -0.39 is 21.0 Å². The van der Waals surface area contributed by atoms with Crippen molar-refractivity contribution < 1.29 is 13.0 Å². The van der Waals surface area contributed by atoms with Crippen LogP contribution in [0.3, 0.4) is 0 Å². The van der Waals surface area contributed by atoms with Crippen molar-refractivity contribution in [1.29, 1.82) is 0 Å². The van der Waals surface area contributed by atoms with Gasteiger partial charge in [0.2, 0.25) is 14.2 Å². The van der Waals surface area contributed by atoms with Gasteiger partial charge in [0, 0.05) is 17.4 Å². The van der Waals surface area contributed by atoms with Gasteiger partial charge in [-0.25, -0.2) is 8.42 Å². The van der Waals surface area contributed by atoms with E-state index in [0.717, 1.165) is 24.0 Å². The van der Waals surface area contributed by atoms with E-state index >= 15 is 0 Å². The maximum absolute atomic E-state index is 11.4. The van der Waals surface area contributed by atoms with E-state index in [1.165, 1.54) is 0 Å². The lowest BCUT2D eigenvalue weighted by Gasteiger charge is -2.02. The molecule has 14 heavy (non-hydrogen) atoms. The van der Waals surface area contributed by atoms with E-state index in [2.05, 4.69) is 10.2 Å². The summed E-state index contributed by atoms with van der Waals surface area (Å²) in [7, 11) is -3.32. The van der Waals surface area contributed by atoms with Gasteiger partial charge in [0.1, 0.15) is 5.75 Å². The molecule has 0 N–H and O–H groups in total. The number of hydrogen-bond acceptors (Lipinski definition) is 6. The molecule has 1 unspecified atom stereocenters. The van der Waals surface area contributed by atoms with Gasteiger partial charge in [-0.2, -0.15) is 0 Å². The van der Waals surface area contributed by atoms with Gasteiger partial charge in [-0.05, 0) is 17.8 Å². The van der Waals surface area contributed by atoms with Crippen molar-refractivity contribution in [2.75, 3.05) is 12.0 Å². The van der Waals surface area contributed by atoms with Gasteiger partial charge < -0.3 is 4.55 Å². The van der Waals surface area contributed by atoms with Gasteiger partial charge in [-0.1, -0.05) is 12.0 Å². The number of rotatable bonds is 4. The summed E-state index contributed by atoms with van der Waals surface area (Å²) < 4.78 is 33.7. The van der Waals surface area contributed by atoms with Gasteiger partial charge in [-0.3, -0.25) is 0 Å². The first-order chi connectivity index (χ1) is 6.45. The minimum atomic E-state index is -3.32. The molecule has 0 aromatic carbocycles. The number of aromatic nitrogens is 2. The fourth-order valence-corrected chi connectivity index (χ4v) is 3.75. The maximum Gasteiger partial charge on any atom is 0.322 e. The van der Waals surface area contributed by atoms with Crippen LogP contribution >= 0.6 is 11.3 Å². The average Bonchev–Trinajstić information content (AvgIpc) is 2.51. The summed E-state index contributed by atoms with van der Waals surface area (Å²) >= 11 is -0.339. The summed E-state index contributed by atoms with van der Waals surface area (Å²) in [6.07, 6.45) is 1.82. The van der Waals surface area contributed by atoms with Gasteiger partial charge in [0.15, 0.2) is 0 Å². The van der Waals surface area contributed by atoms with Crippen LogP contribution in [0.5, 0.6) is 0 Å². The molecule has 80 valence electrons. The third-order valence-corrected chi connectivity index (χ3v) is 5.73. The van der Waals surface area contributed by atoms with Gasteiger partial charge in [0.05, 0.1) is 0 Å². The fourth-order valence-electron chi connectivity index (χ4n) is 0.712. The summed E-state index contributed by atoms with van der Waals surface area (Å²) in [6.45, 7) is 1.90. The molecule has 0 bridgehead atoms.